The van der Waals surface area contributed by atoms with E-state index < -0.39 is 0 Å². The number of nitrogens with zero attached hydrogens (tertiary/aromatic N) is 2. The van der Waals surface area contributed by atoms with Gasteiger partial charge in [0.1, 0.15) is 0 Å². The second-order valence-corrected chi connectivity index (χ2v) is 7.71. The molecule has 0 atom stereocenters. The topological polar surface area (TPSA) is 81.8 Å². The van der Waals surface area contributed by atoms with Crippen LogP contribution in [0.2, 0.25) is 10.0 Å². The molecule has 0 saturated carbocycles. The lowest BCUT2D eigenvalue weighted by Crippen LogP contribution is -2.48. The van der Waals surface area contributed by atoms with Gasteiger partial charge in [-0.15, -0.1) is 0 Å². The molecule has 29 heavy (non-hydrogen) atoms. The second-order valence-electron chi connectivity index (χ2n) is 6.89. The molecule has 0 spiro atoms. The maximum absolute atomic E-state index is 12.4. The highest BCUT2D eigenvalue weighted by molar-refractivity contribution is 6.42. The Morgan fingerprint density at radius 2 is 1.66 bits per heavy atom. The number of amides is 4. The van der Waals surface area contributed by atoms with Crippen molar-refractivity contribution in [2.75, 3.05) is 39.3 Å². The van der Waals surface area contributed by atoms with Crippen LogP contribution in [-0.2, 0) is 4.79 Å². The first kappa shape index (κ1) is 23.3. The zero-order chi connectivity index (χ0) is 21.4. The van der Waals surface area contributed by atoms with Crippen molar-refractivity contribution in [3.8, 4) is 0 Å². The van der Waals surface area contributed by atoms with Crippen LogP contribution in [0.1, 0.15) is 37.0 Å². The van der Waals surface area contributed by atoms with Crippen molar-refractivity contribution in [3.63, 3.8) is 0 Å². The van der Waals surface area contributed by atoms with E-state index in [4.69, 9.17) is 23.2 Å². The molecule has 0 unspecified atom stereocenters. The van der Waals surface area contributed by atoms with Crippen molar-refractivity contribution in [1.82, 2.24) is 20.4 Å². The molecule has 7 nitrogen and oxygen atoms in total. The van der Waals surface area contributed by atoms with E-state index in [1.165, 1.54) is 6.07 Å². The molecule has 9 heteroatoms. The standard InChI is InChI=1S/C20H28Cl2N4O3/c1-3-25(4-2)20(29)26-11-7-14(8-12-26)18(27)23-9-10-24-19(28)15-5-6-16(21)17(22)13-15/h5-6,13-14H,3-4,7-12H2,1-2H3,(H,23,27)(H,24,28). The van der Waals surface area contributed by atoms with Crippen LogP contribution in [0, 0.1) is 5.92 Å². The number of rotatable bonds is 7. The van der Waals surface area contributed by atoms with E-state index in [0.717, 1.165) is 0 Å². The molecule has 0 bridgehead atoms. The largest absolute Gasteiger partial charge is 0.354 e. The molecule has 1 aliphatic rings. The summed E-state index contributed by atoms with van der Waals surface area (Å²) in [6, 6.07) is 4.71. The van der Waals surface area contributed by atoms with Gasteiger partial charge in [0, 0.05) is 50.7 Å². The Morgan fingerprint density at radius 1 is 1.03 bits per heavy atom. The van der Waals surface area contributed by atoms with Crippen molar-refractivity contribution in [2.24, 2.45) is 5.92 Å². The van der Waals surface area contributed by atoms with Crippen LogP contribution >= 0.6 is 23.2 Å². The molecule has 1 heterocycles. The first-order chi connectivity index (χ1) is 13.9. The van der Waals surface area contributed by atoms with Crippen LogP contribution in [0.25, 0.3) is 0 Å². The number of hydrogen-bond donors (Lipinski definition) is 2. The number of carbonyl (C=O) groups excluding carboxylic acids is 3. The van der Waals surface area contributed by atoms with Gasteiger partial charge in [0.05, 0.1) is 10.0 Å². The Kier molecular flexibility index (Phi) is 9.04. The van der Waals surface area contributed by atoms with Gasteiger partial charge in [-0.2, -0.15) is 0 Å². The van der Waals surface area contributed by atoms with Gasteiger partial charge >= 0.3 is 6.03 Å². The van der Waals surface area contributed by atoms with Crippen molar-refractivity contribution in [2.45, 2.75) is 26.7 Å². The van der Waals surface area contributed by atoms with E-state index >= 15 is 0 Å². The van der Waals surface area contributed by atoms with Crippen LogP contribution in [0.3, 0.4) is 0 Å². The third kappa shape index (κ3) is 6.51. The summed E-state index contributed by atoms with van der Waals surface area (Å²) >= 11 is 11.8. The highest BCUT2D eigenvalue weighted by Crippen LogP contribution is 2.22. The molecule has 2 rings (SSSR count). The summed E-state index contributed by atoms with van der Waals surface area (Å²) in [6.07, 6.45) is 1.29. The number of halogens is 2. The quantitative estimate of drug-likeness (QED) is 0.636. The predicted octanol–water partition coefficient (Wildman–Crippen LogP) is 3.01. The van der Waals surface area contributed by atoms with E-state index in [9.17, 15) is 14.4 Å². The smallest absolute Gasteiger partial charge is 0.319 e. The number of piperidine rings is 1. The fourth-order valence-electron chi connectivity index (χ4n) is 3.27. The van der Waals surface area contributed by atoms with Crippen LogP contribution in [0.4, 0.5) is 4.79 Å². The number of carbonyl (C=O) groups is 3. The first-order valence-electron chi connectivity index (χ1n) is 9.92. The average Bonchev–Trinajstić information content (AvgIpc) is 2.73. The molecule has 1 saturated heterocycles. The van der Waals surface area contributed by atoms with E-state index in [1.54, 1.807) is 17.0 Å². The molecule has 160 valence electrons. The summed E-state index contributed by atoms with van der Waals surface area (Å²) < 4.78 is 0. The highest BCUT2D eigenvalue weighted by Gasteiger charge is 2.28. The van der Waals surface area contributed by atoms with E-state index in [-0.39, 0.29) is 23.8 Å². The Hall–Kier alpha value is -1.99. The second kappa shape index (κ2) is 11.3. The third-order valence-corrected chi connectivity index (χ3v) is 5.80. The molecule has 0 aromatic heterocycles. The predicted molar refractivity (Wildman–Crippen MR) is 114 cm³/mol. The van der Waals surface area contributed by atoms with Crippen LogP contribution < -0.4 is 10.6 Å². The van der Waals surface area contributed by atoms with Gasteiger partial charge < -0.3 is 20.4 Å². The van der Waals surface area contributed by atoms with Crippen LogP contribution in [-0.4, -0.2) is 66.9 Å². The lowest BCUT2D eigenvalue weighted by molar-refractivity contribution is -0.126. The molecule has 0 aliphatic carbocycles. The first-order valence-corrected chi connectivity index (χ1v) is 10.7. The molecule has 1 fully saturated rings. The Labute approximate surface area is 181 Å². The minimum Gasteiger partial charge on any atom is -0.354 e. The average molecular weight is 443 g/mol. The zero-order valence-electron chi connectivity index (χ0n) is 16.8. The molecule has 1 aromatic carbocycles. The van der Waals surface area contributed by atoms with Gasteiger partial charge in [-0.25, -0.2) is 4.79 Å². The van der Waals surface area contributed by atoms with Gasteiger partial charge in [-0.3, -0.25) is 9.59 Å². The molecular weight excluding hydrogens is 415 g/mol. The van der Waals surface area contributed by atoms with Gasteiger partial charge in [-0.05, 0) is 44.9 Å². The molecule has 4 amide bonds. The van der Waals surface area contributed by atoms with Crippen molar-refractivity contribution >= 4 is 41.0 Å². The summed E-state index contributed by atoms with van der Waals surface area (Å²) in [5.74, 6) is -0.425. The van der Waals surface area contributed by atoms with Gasteiger partial charge in [0.25, 0.3) is 5.91 Å². The van der Waals surface area contributed by atoms with Gasteiger partial charge in [-0.1, -0.05) is 23.2 Å². The van der Waals surface area contributed by atoms with Crippen molar-refractivity contribution in [1.29, 1.82) is 0 Å². The van der Waals surface area contributed by atoms with Gasteiger partial charge in [0.15, 0.2) is 0 Å². The van der Waals surface area contributed by atoms with E-state index in [1.807, 2.05) is 18.7 Å². The molecule has 1 aliphatic heterocycles. The van der Waals surface area contributed by atoms with E-state index in [0.29, 0.717) is 67.7 Å². The summed E-state index contributed by atoms with van der Waals surface area (Å²) in [5, 5.41) is 6.30. The van der Waals surface area contributed by atoms with E-state index in [2.05, 4.69) is 10.6 Å². The summed E-state index contributed by atoms with van der Waals surface area (Å²) in [7, 11) is 0. The number of likely N-dealkylation sites (tertiary alicyclic amines) is 1. The zero-order valence-corrected chi connectivity index (χ0v) is 18.4. The Balaban J connectivity index is 1.69. The third-order valence-electron chi connectivity index (χ3n) is 5.06. The Morgan fingerprint density at radius 3 is 2.24 bits per heavy atom. The summed E-state index contributed by atoms with van der Waals surface area (Å²) in [4.78, 5) is 40.4. The summed E-state index contributed by atoms with van der Waals surface area (Å²) in [6.45, 7) is 7.11. The maximum Gasteiger partial charge on any atom is 0.319 e. The fourth-order valence-corrected chi connectivity index (χ4v) is 3.57. The number of urea groups is 1. The minimum atomic E-state index is -0.277. The SMILES string of the molecule is CCN(CC)C(=O)N1CCC(C(=O)NCCNC(=O)c2ccc(Cl)c(Cl)c2)CC1. The molecule has 0 radical (unpaired) electrons. The normalized spacial score (nSPS) is 14.4. The molecular formula is C20H28Cl2N4O3. The lowest BCUT2D eigenvalue weighted by Gasteiger charge is -2.34. The molecule has 1 aromatic rings. The maximum atomic E-state index is 12.4. The Bertz CT molecular complexity index is 732. The number of hydrogen-bond acceptors (Lipinski definition) is 3. The molecule has 2 N–H and O–H groups in total. The van der Waals surface area contributed by atoms with Gasteiger partial charge in [0.2, 0.25) is 5.91 Å². The van der Waals surface area contributed by atoms with Crippen LogP contribution in [0.15, 0.2) is 18.2 Å². The number of nitrogens with one attached hydrogen (secondary N) is 2. The highest BCUT2D eigenvalue weighted by atomic mass is 35.5. The summed E-state index contributed by atoms with van der Waals surface area (Å²) in [5.41, 5.74) is 0.413. The van der Waals surface area contributed by atoms with Crippen molar-refractivity contribution in [3.05, 3.63) is 33.8 Å². The lowest BCUT2D eigenvalue weighted by atomic mass is 9.96. The fraction of sp³-hybridized carbons (Fsp3) is 0.550. The number of benzene rings is 1. The minimum absolute atomic E-state index is 0.0382. The van der Waals surface area contributed by atoms with Crippen molar-refractivity contribution < 1.29 is 14.4 Å². The monoisotopic (exact) mass is 442 g/mol. The van der Waals surface area contributed by atoms with Crippen LogP contribution in [0.5, 0.6) is 0 Å².